The summed E-state index contributed by atoms with van der Waals surface area (Å²) in [7, 11) is 0. The number of hydrogen-bond donors (Lipinski definition) is 1. The van der Waals surface area contributed by atoms with Gasteiger partial charge in [-0.05, 0) is 45.2 Å². The van der Waals surface area contributed by atoms with Crippen LogP contribution in [-0.2, 0) is 10.2 Å². The third-order valence-corrected chi connectivity index (χ3v) is 4.18. The predicted octanol–water partition coefficient (Wildman–Crippen LogP) is 4.07. The van der Waals surface area contributed by atoms with Gasteiger partial charge in [0.25, 0.3) is 0 Å². The fourth-order valence-electron chi connectivity index (χ4n) is 3.36. The van der Waals surface area contributed by atoms with Gasteiger partial charge in [0, 0.05) is 0 Å². The molecule has 0 saturated heterocycles. The van der Waals surface area contributed by atoms with Crippen molar-refractivity contribution in [3.05, 3.63) is 29.8 Å². The number of amidine groups is 1. The fourth-order valence-corrected chi connectivity index (χ4v) is 3.36. The summed E-state index contributed by atoms with van der Waals surface area (Å²) in [6.45, 7) is 5.59. The van der Waals surface area contributed by atoms with E-state index in [1.54, 1.807) is 0 Å². The summed E-state index contributed by atoms with van der Waals surface area (Å²) in [6.07, 6.45) is 4.00. The van der Waals surface area contributed by atoms with Gasteiger partial charge in [-0.25, -0.2) is 9.79 Å². The second-order valence-electron chi connectivity index (χ2n) is 6.89. The molecular formula is C17H22N2O2. The third kappa shape index (κ3) is 2.55. The second kappa shape index (κ2) is 4.86. The van der Waals surface area contributed by atoms with E-state index in [2.05, 4.69) is 16.4 Å². The summed E-state index contributed by atoms with van der Waals surface area (Å²) in [5.41, 5.74) is 1.60. The predicted molar refractivity (Wildman–Crippen MR) is 83.1 cm³/mol. The van der Waals surface area contributed by atoms with Crippen molar-refractivity contribution in [3.8, 4) is 0 Å². The number of amides is 1. The standard InChI is InChI=1S/C17H22N2O2/c1-16(2,3)21-15(20)19-14-17(10-6-7-11-17)12-8-4-5-9-13(12)18-14/h4-5,8-9H,6-7,10-11H2,1-3H3,(H,18,19,20). The van der Waals surface area contributed by atoms with E-state index in [4.69, 9.17) is 4.74 Å². The number of nitrogens with one attached hydrogen (secondary N) is 1. The molecule has 1 fully saturated rings. The zero-order valence-corrected chi connectivity index (χ0v) is 12.9. The minimum absolute atomic E-state index is 0.118. The first-order valence-corrected chi connectivity index (χ1v) is 7.59. The molecule has 0 bridgehead atoms. The van der Waals surface area contributed by atoms with Crippen LogP contribution in [0.25, 0.3) is 0 Å². The van der Waals surface area contributed by atoms with Gasteiger partial charge in [-0.2, -0.15) is 0 Å². The van der Waals surface area contributed by atoms with Crippen LogP contribution in [0.5, 0.6) is 0 Å². The number of rotatable bonds is 0. The molecule has 112 valence electrons. The molecule has 4 nitrogen and oxygen atoms in total. The number of carbonyl (C=O) groups is 1. The van der Waals surface area contributed by atoms with E-state index in [1.807, 2.05) is 39.0 Å². The number of aliphatic imine (C=N–C) groups is 1. The molecule has 1 saturated carbocycles. The average molecular weight is 286 g/mol. The molecule has 4 heteroatoms. The van der Waals surface area contributed by atoms with E-state index >= 15 is 0 Å². The molecular weight excluding hydrogens is 264 g/mol. The highest BCUT2D eigenvalue weighted by atomic mass is 16.6. The average Bonchev–Trinajstić information content (AvgIpc) is 2.96. The molecule has 2 aliphatic rings. The maximum absolute atomic E-state index is 12.1. The number of ether oxygens (including phenoxy) is 1. The molecule has 1 aliphatic carbocycles. The summed E-state index contributed by atoms with van der Waals surface area (Å²) < 4.78 is 5.37. The van der Waals surface area contributed by atoms with Crippen LogP contribution in [0.4, 0.5) is 10.5 Å². The zero-order valence-electron chi connectivity index (χ0n) is 12.9. The number of hydrogen-bond acceptors (Lipinski definition) is 3. The molecule has 1 aliphatic heterocycles. The van der Waals surface area contributed by atoms with Crippen LogP contribution in [0.3, 0.4) is 0 Å². The fraction of sp³-hybridized carbons (Fsp3) is 0.529. The highest BCUT2D eigenvalue weighted by Gasteiger charge is 2.46. The van der Waals surface area contributed by atoms with Gasteiger partial charge >= 0.3 is 6.09 Å². The lowest BCUT2D eigenvalue weighted by Gasteiger charge is -2.28. The SMILES string of the molecule is CC(C)(C)OC(=O)NC1=Nc2ccccc2C12CCCC2. The molecule has 1 heterocycles. The van der Waals surface area contributed by atoms with Gasteiger partial charge in [-0.1, -0.05) is 31.0 Å². The largest absolute Gasteiger partial charge is 0.444 e. The highest BCUT2D eigenvalue weighted by molar-refractivity contribution is 6.07. The Kier molecular flexibility index (Phi) is 3.27. The Bertz CT molecular complexity index is 593. The highest BCUT2D eigenvalue weighted by Crippen LogP contribution is 2.49. The summed E-state index contributed by atoms with van der Waals surface area (Å²) in [5.74, 6) is 0.760. The second-order valence-corrected chi connectivity index (χ2v) is 6.89. The first-order valence-electron chi connectivity index (χ1n) is 7.59. The lowest BCUT2D eigenvalue weighted by Crippen LogP contribution is -2.45. The van der Waals surface area contributed by atoms with Crippen molar-refractivity contribution >= 4 is 17.6 Å². The Labute approximate surface area is 125 Å². The van der Waals surface area contributed by atoms with Gasteiger partial charge in [-0.3, -0.25) is 5.32 Å². The number of nitrogens with zero attached hydrogens (tertiary/aromatic N) is 1. The third-order valence-electron chi connectivity index (χ3n) is 4.18. The first-order chi connectivity index (χ1) is 9.91. The van der Waals surface area contributed by atoms with Crippen LogP contribution < -0.4 is 5.32 Å². The van der Waals surface area contributed by atoms with E-state index in [0.717, 1.165) is 24.4 Å². The van der Waals surface area contributed by atoms with Crippen LogP contribution in [0.15, 0.2) is 29.3 Å². The molecule has 0 radical (unpaired) electrons. The normalized spacial score (nSPS) is 19.3. The van der Waals surface area contributed by atoms with Crippen LogP contribution >= 0.6 is 0 Å². The van der Waals surface area contributed by atoms with Crippen molar-refractivity contribution in [1.82, 2.24) is 5.32 Å². The molecule has 0 atom stereocenters. The molecule has 1 amide bonds. The minimum atomic E-state index is -0.501. The summed E-state index contributed by atoms with van der Waals surface area (Å²) in [6, 6.07) is 8.18. The van der Waals surface area contributed by atoms with Crippen LogP contribution in [0.2, 0.25) is 0 Å². The number of alkyl carbamates (subject to hydrolysis) is 1. The first kappa shape index (κ1) is 14.1. The number of carbonyl (C=O) groups excluding carboxylic acids is 1. The number of para-hydroxylation sites is 1. The summed E-state index contributed by atoms with van der Waals surface area (Å²) >= 11 is 0. The number of fused-ring (bicyclic) bond motifs is 2. The molecule has 1 aromatic rings. The Hall–Kier alpha value is -1.84. The Balaban J connectivity index is 1.87. The molecule has 0 aromatic heterocycles. The molecule has 1 aromatic carbocycles. The van der Waals surface area contributed by atoms with E-state index in [1.165, 1.54) is 18.4 Å². The van der Waals surface area contributed by atoms with Crippen molar-refractivity contribution in [1.29, 1.82) is 0 Å². The molecule has 21 heavy (non-hydrogen) atoms. The Morgan fingerprint density at radius 1 is 1.24 bits per heavy atom. The van der Waals surface area contributed by atoms with E-state index in [-0.39, 0.29) is 5.41 Å². The van der Waals surface area contributed by atoms with Gasteiger partial charge in [0.15, 0.2) is 0 Å². The van der Waals surface area contributed by atoms with Crippen molar-refractivity contribution in [2.24, 2.45) is 4.99 Å². The lowest BCUT2D eigenvalue weighted by atomic mass is 9.79. The minimum Gasteiger partial charge on any atom is -0.444 e. The van der Waals surface area contributed by atoms with Gasteiger partial charge < -0.3 is 4.74 Å². The number of benzene rings is 1. The maximum Gasteiger partial charge on any atom is 0.413 e. The van der Waals surface area contributed by atoms with E-state index < -0.39 is 11.7 Å². The van der Waals surface area contributed by atoms with Crippen molar-refractivity contribution in [3.63, 3.8) is 0 Å². The molecule has 1 N–H and O–H groups in total. The van der Waals surface area contributed by atoms with Crippen molar-refractivity contribution in [2.45, 2.75) is 57.5 Å². The quantitative estimate of drug-likeness (QED) is 0.781. The Morgan fingerprint density at radius 2 is 1.90 bits per heavy atom. The lowest BCUT2D eigenvalue weighted by molar-refractivity contribution is 0.0560. The van der Waals surface area contributed by atoms with E-state index in [9.17, 15) is 4.79 Å². The van der Waals surface area contributed by atoms with Crippen molar-refractivity contribution in [2.75, 3.05) is 0 Å². The van der Waals surface area contributed by atoms with Gasteiger partial charge in [0.1, 0.15) is 11.4 Å². The topological polar surface area (TPSA) is 50.7 Å². The van der Waals surface area contributed by atoms with Gasteiger partial charge in [0.2, 0.25) is 0 Å². The Morgan fingerprint density at radius 3 is 2.57 bits per heavy atom. The zero-order chi connectivity index (χ0) is 15.1. The van der Waals surface area contributed by atoms with E-state index in [0.29, 0.717) is 0 Å². The van der Waals surface area contributed by atoms with Gasteiger partial charge in [-0.15, -0.1) is 0 Å². The monoisotopic (exact) mass is 286 g/mol. The summed E-state index contributed by atoms with van der Waals surface area (Å²) in [4.78, 5) is 16.8. The summed E-state index contributed by atoms with van der Waals surface area (Å²) in [5, 5.41) is 2.90. The molecule has 1 spiro atoms. The molecule has 3 rings (SSSR count). The van der Waals surface area contributed by atoms with Gasteiger partial charge in [0.05, 0.1) is 11.1 Å². The van der Waals surface area contributed by atoms with Crippen LogP contribution in [0.1, 0.15) is 52.0 Å². The smallest absolute Gasteiger partial charge is 0.413 e. The van der Waals surface area contributed by atoms with Crippen LogP contribution in [0, 0.1) is 0 Å². The van der Waals surface area contributed by atoms with Crippen LogP contribution in [-0.4, -0.2) is 17.5 Å². The van der Waals surface area contributed by atoms with Crippen molar-refractivity contribution < 1.29 is 9.53 Å². The molecule has 0 unspecified atom stereocenters. The maximum atomic E-state index is 12.1.